The Bertz CT molecular complexity index is 875. The summed E-state index contributed by atoms with van der Waals surface area (Å²) >= 11 is 0. The molecule has 19 atom stereocenters. The highest BCUT2D eigenvalue weighted by Gasteiger charge is 2.54. The van der Waals surface area contributed by atoms with E-state index in [0.717, 1.165) is 0 Å². The second kappa shape index (κ2) is 15.4. The van der Waals surface area contributed by atoms with E-state index in [4.69, 9.17) is 62.8 Å². The van der Waals surface area contributed by atoms with Gasteiger partial charge in [-0.15, -0.1) is 12.4 Å². The van der Waals surface area contributed by atoms with E-state index in [0.29, 0.717) is 0 Å². The zero-order valence-corrected chi connectivity index (χ0v) is 24.1. The molecule has 4 fully saturated rings. The molecular weight excluding hydrogens is 604 g/mol. The molecule has 0 bridgehead atoms. The van der Waals surface area contributed by atoms with Crippen LogP contribution < -0.4 is 34.4 Å². The van der Waals surface area contributed by atoms with E-state index >= 15 is 0 Å². The minimum Gasteiger partial charge on any atom is -0.394 e. The molecule has 4 rings (SSSR count). The van der Waals surface area contributed by atoms with Crippen LogP contribution in [-0.4, -0.2) is 172 Å². The molecule has 1 saturated carbocycles. The first-order valence-electron chi connectivity index (χ1n) is 13.9. The molecule has 19 nitrogen and oxygen atoms in total. The Balaban J connectivity index is 0.00000506. The van der Waals surface area contributed by atoms with Gasteiger partial charge in [-0.2, -0.15) is 0 Å². The molecule has 0 spiro atoms. The van der Waals surface area contributed by atoms with E-state index in [-0.39, 0.29) is 31.9 Å². The van der Waals surface area contributed by atoms with Crippen molar-refractivity contribution in [2.45, 2.75) is 123 Å². The highest BCUT2D eigenvalue weighted by Crippen LogP contribution is 2.34. The van der Waals surface area contributed by atoms with Gasteiger partial charge in [0.2, 0.25) is 0 Å². The molecule has 43 heavy (non-hydrogen) atoms. The van der Waals surface area contributed by atoms with Crippen LogP contribution in [0.1, 0.15) is 6.42 Å². The fraction of sp³-hybridized carbons (Fsp3) is 1.00. The smallest absolute Gasteiger partial charge is 0.187 e. The van der Waals surface area contributed by atoms with Crippen LogP contribution in [0.15, 0.2) is 0 Å². The molecule has 20 heteroatoms. The summed E-state index contributed by atoms with van der Waals surface area (Å²) in [6, 6.07) is -4.18. The molecule has 19 N–H and O–H groups in total. The van der Waals surface area contributed by atoms with Gasteiger partial charge in [-0.3, -0.25) is 0 Å². The van der Waals surface area contributed by atoms with Crippen molar-refractivity contribution >= 4 is 12.4 Å². The molecule has 1 aliphatic carbocycles. The van der Waals surface area contributed by atoms with Gasteiger partial charge in [0, 0.05) is 25.2 Å². The number of aliphatic hydroxyl groups is 7. The summed E-state index contributed by atoms with van der Waals surface area (Å²) < 4.78 is 34.6. The zero-order valence-electron chi connectivity index (χ0n) is 23.3. The molecule has 1 unspecified atom stereocenters. The standard InChI is InChI=1S/C23H46N6O13.ClH/c24-2-7-13(32)15(34)10(28)21(37-7)40-18-6(27)1-5(26)12(31)20(18)42-23-17(36)19(9(4-30)39-23)41-22-11(29)16(35)14(33)8(3-25)38-22;/h5-23,30-36H,1-4,24-29H2;1H/t5-,6+,7-,8+,9-,10-,11-,12+,13-,14-,15-,16-,17-,18-,19-,20-,21-,22-,23?;/m1./s1. The van der Waals surface area contributed by atoms with Crippen molar-refractivity contribution in [1.82, 2.24) is 0 Å². The van der Waals surface area contributed by atoms with E-state index in [1.165, 1.54) is 0 Å². The number of hydrogen-bond acceptors (Lipinski definition) is 19. The molecule has 3 saturated heterocycles. The number of aliphatic hydroxyl groups excluding tert-OH is 7. The van der Waals surface area contributed by atoms with E-state index in [2.05, 4.69) is 0 Å². The molecule has 254 valence electrons. The third-order valence-corrected chi connectivity index (χ3v) is 8.37. The van der Waals surface area contributed by atoms with Crippen molar-refractivity contribution < 1.29 is 64.2 Å². The maximum atomic E-state index is 11.1. The van der Waals surface area contributed by atoms with Gasteiger partial charge >= 0.3 is 0 Å². The van der Waals surface area contributed by atoms with Gasteiger partial charge in [-0.25, -0.2) is 0 Å². The van der Waals surface area contributed by atoms with Gasteiger partial charge in [0.1, 0.15) is 67.1 Å². The Morgan fingerprint density at radius 2 is 0.977 bits per heavy atom. The van der Waals surface area contributed by atoms with Crippen molar-refractivity contribution in [3.8, 4) is 0 Å². The summed E-state index contributed by atoms with van der Waals surface area (Å²) in [5, 5.41) is 73.0. The molecule has 3 aliphatic heterocycles. The van der Waals surface area contributed by atoms with Crippen molar-refractivity contribution in [1.29, 1.82) is 0 Å². The first-order valence-corrected chi connectivity index (χ1v) is 13.9. The molecule has 0 aromatic heterocycles. The maximum Gasteiger partial charge on any atom is 0.187 e. The SMILES string of the molecule is Cl.NC[C@@H]1O[C@H](O[C@@H]2[C@@H](CO)OC(O[C@@H]3[C@@H](O)[C@H](N)C[C@H](N)[C@H]3O[C@H]3O[C@H](CN)[C@@H](O)[C@H](O)[C@H]3N)[C@@H]2O)[C@H](N)[C@@H](O)[C@@H]1O. The van der Waals surface area contributed by atoms with Crippen molar-refractivity contribution in [3.05, 3.63) is 0 Å². The lowest BCUT2D eigenvalue weighted by Gasteiger charge is -2.47. The predicted octanol–water partition coefficient (Wildman–Crippen LogP) is -8.47. The van der Waals surface area contributed by atoms with Gasteiger partial charge in [0.15, 0.2) is 18.9 Å². The Hall–Kier alpha value is -0.470. The van der Waals surface area contributed by atoms with Crippen LogP contribution in [0, 0.1) is 0 Å². The maximum absolute atomic E-state index is 11.1. The highest BCUT2D eigenvalue weighted by molar-refractivity contribution is 5.85. The number of rotatable bonds is 9. The lowest BCUT2D eigenvalue weighted by Crippen LogP contribution is -2.68. The van der Waals surface area contributed by atoms with Gasteiger partial charge in [0.05, 0.1) is 24.8 Å². The molecule has 0 radical (unpaired) electrons. The van der Waals surface area contributed by atoms with Crippen LogP contribution in [-0.2, 0) is 28.4 Å². The summed E-state index contributed by atoms with van der Waals surface area (Å²) in [6.07, 6.45) is -19.8. The van der Waals surface area contributed by atoms with Crippen LogP contribution in [0.4, 0.5) is 0 Å². The molecule has 3 heterocycles. The quantitative estimate of drug-likeness (QED) is 0.110. The third kappa shape index (κ3) is 7.42. The van der Waals surface area contributed by atoms with Crippen LogP contribution in [0.3, 0.4) is 0 Å². The fourth-order valence-electron chi connectivity index (χ4n) is 5.74. The number of nitrogens with two attached hydrogens (primary N) is 6. The summed E-state index contributed by atoms with van der Waals surface area (Å²) in [5.74, 6) is 0. The molecule has 0 aromatic carbocycles. The second-order valence-corrected chi connectivity index (χ2v) is 11.2. The number of hydrogen-bond donors (Lipinski definition) is 13. The summed E-state index contributed by atoms with van der Waals surface area (Å²) in [7, 11) is 0. The Kier molecular flexibility index (Phi) is 13.3. The Morgan fingerprint density at radius 3 is 1.44 bits per heavy atom. The van der Waals surface area contributed by atoms with Crippen molar-refractivity contribution in [3.63, 3.8) is 0 Å². The minimum absolute atomic E-state index is 0. The van der Waals surface area contributed by atoms with Gasteiger partial charge in [-0.05, 0) is 6.42 Å². The zero-order chi connectivity index (χ0) is 31.0. The summed E-state index contributed by atoms with van der Waals surface area (Å²) in [6.45, 7) is -0.967. The van der Waals surface area contributed by atoms with Crippen molar-refractivity contribution in [2.75, 3.05) is 19.7 Å². The predicted molar refractivity (Wildman–Crippen MR) is 146 cm³/mol. The second-order valence-electron chi connectivity index (χ2n) is 11.2. The van der Waals surface area contributed by atoms with Crippen LogP contribution >= 0.6 is 12.4 Å². The van der Waals surface area contributed by atoms with Crippen LogP contribution in [0.5, 0.6) is 0 Å². The van der Waals surface area contributed by atoms with E-state index in [9.17, 15) is 35.7 Å². The normalized spacial score (nSPS) is 52.5. The Labute approximate surface area is 253 Å². The average molecular weight is 651 g/mol. The largest absolute Gasteiger partial charge is 0.394 e. The summed E-state index contributed by atoms with van der Waals surface area (Å²) in [4.78, 5) is 0. The first-order chi connectivity index (χ1) is 19.8. The first kappa shape index (κ1) is 37.0. The van der Waals surface area contributed by atoms with Crippen LogP contribution in [0.25, 0.3) is 0 Å². The third-order valence-electron chi connectivity index (χ3n) is 8.37. The minimum atomic E-state index is -1.60. The molecular formula is C23H47ClN6O13. The van der Waals surface area contributed by atoms with Crippen LogP contribution in [0.2, 0.25) is 0 Å². The fourth-order valence-corrected chi connectivity index (χ4v) is 5.74. The van der Waals surface area contributed by atoms with E-state index in [1.807, 2.05) is 0 Å². The molecule has 0 amide bonds. The van der Waals surface area contributed by atoms with E-state index in [1.54, 1.807) is 0 Å². The molecule has 0 aromatic rings. The lowest BCUT2D eigenvalue weighted by molar-refractivity contribution is -0.306. The average Bonchev–Trinajstić information content (AvgIpc) is 3.27. The molecule has 4 aliphatic rings. The lowest BCUT2D eigenvalue weighted by atomic mass is 9.84. The van der Waals surface area contributed by atoms with Gasteiger partial charge < -0.3 is 98.6 Å². The van der Waals surface area contributed by atoms with Gasteiger partial charge in [0.25, 0.3) is 0 Å². The van der Waals surface area contributed by atoms with E-state index < -0.39 is 123 Å². The topological polar surface area (TPSA) is 353 Å². The summed E-state index contributed by atoms with van der Waals surface area (Å²) in [5.41, 5.74) is 35.6. The monoisotopic (exact) mass is 650 g/mol. The number of halogens is 1. The van der Waals surface area contributed by atoms with Gasteiger partial charge in [-0.1, -0.05) is 0 Å². The Morgan fingerprint density at radius 1 is 0.535 bits per heavy atom. The number of ether oxygens (including phenoxy) is 6. The highest BCUT2D eigenvalue weighted by atomic mass is 35.5. The van der Waals surface area contributed by atoms with Crippen molar-refractivity contribution in [2.24, 2.45) is 34.4 Å².